The molecule has 0 aromatic heterocycles. The minimum absolute atomic E-state index is 0.0344. The molecule has 0 saturated carbocycles. The molecule has 5 nitrogen and oxygen atoms in total. The van der Waals surface area contributed by atoms with Crippen LogP contribution in [0.5, 0.6) is 5.75 Å². The molecule has 2 rings (SSSR count). The second-order valence-corrected chi connectivity index (χ2v) is 5.45. The van der Waals surface area contributed by atoms with E-state index in [1.54, 1.807) is 0 Å². The molecule has 88 valence electrons. The van der Waals surface area contributed by atoms with Crippen molar-refractivity contribution in [3.05, 3.63) is 18.2 Å². The fraction of sp³-hybridized carbons (Fsp3) is 0.400. The average Bonchev–Trinajstić information content (AvgIpc) is 2.69. The van der Waals surface area contributed by atoms with E-state index in [1.165, 1.54) is 18.2 Å². The second kappa shape index (κ2) is 3.95. The molecule has 1 aliphatic heterocycles. The number of hydrogen-bond acceptors (Lipinski definition) is 4. The van der Waals surface area contributed by atoms with Gasteiger partial charge in [0.15, 0.2) is 0 Å². The molecule has 1 aromatic carbocycles. The third kappa shape index (κ3) is 2.12. The van der Waals surface area contributed by atoms with E-state index in [0.717, 1.165) is 25.9 Å². The molecule has 16 heavy (non-hydrogen) atoms. The van der Waals surface area contributed by atoms with Crippen LogP contribution in [-0.2, 0) is 10.0 Å². The Morgan fingerprint density at radius 2 is 1.88 bits per heavy atom. The summed E-state index contributed by atoms with van der Waals surface area (Å²) in [5.74, 6) is 0.0919. The molecular formula is C10H14N2O3S. The van der Waals surface area contributed by atoms with Crippen molar-refractivity contribution in [2.24, 2.45) is 5.14 Å². The minimum Gasteiger partial charge on any atom is -0.506 e. The summed E-state index contributed by atoms with van der Waals surface area (Å²) in [6, 6.07) is 4.10. The van der Waals surface area contributed by atoms with Crippen molar-refractivity contribution >= 4 is 15.7 Å². The van der Waals surface area contributed by atoms with Crippen molar-refractivity contribution in [1.29, 1.82) is 0 Å². The first-order valence-electron chi connectivity index (χ1n) is 5.09. The lowest BCUT2D eigenvalue weighted by molar-refractivity contribution is 0.474. The molecule has 0 radical (unpaired) electrons. The zero-order valence-electron chi connectivity index (χ0n) is 8.76. The number of phenolic OH excluding ortho intramolecular Hbond substituents is 1. The maximum atomic E-state index is 11.2. The predicted molar refractivity (Wildman–Crippen MR) is 60.9 cm³/mol. The Hall–Kier alpha value is -1.27. The number of sulfonamides is 1. The van der Waals surface area contributed by atoms with Gasteiger partial charge in [-0.1, -0.05) is 0 Å². The van der Waals surface area contributed by atoms with Crippen LogP contribution in [0.2, 0.25) is 0 Å². The summed E-state index contributed by atoms with van der Waals surface area (Å²) in [5, 5.41) is 14.7. The van der Waals surface area contributed by atoms with E-state index in [0.29, 0.717) is 5.69 Å². The summed E-state index contributed by atoms with van der Waals surface area (Å²) in [4.78, 5) is 2.00. The van der Waals surface area contributed by atoms with Crippen molar-refractivity contribution in [2.75, 3.05) is 18.0 Å². The first-order chi connectivity index (χ1) is 7.48. The molecule has 0 unspecified atom stereocenters. The van der Waals surface area contributed by atoms with Gasteiger partial charge >= 0.3 is 0 Å². The van der Waals surface area contributed by atoms with Crippen LogP contribution in [0, 0.1) is 0 Å². The molecule has 0 spiro atoms. The van der Waals surface area contributed by atoms with Crippen LogP contribution >= 0.6 is 0 Å². The van der Waals surface area contributed by atoms with Gasteiger partial charge in [0.1, 0.15) is 5.75 Å². The van der Waals surface area contributed by atoms with Gasteiger partial charge in [-0.05, 0) is 31.0 Å². The van der Waals surface area contributed by atoms with Gasteiger partial charge in [-0.2, -0.15) is 0 Å². The number of benzene rings is 1. The Balaban J connectivity index is 2.44. The van der Waals surface area contributed by atoms with E-state index in [9.17, 15) is 13.5 Å². The molecule has 1 fully saturated rings. The molecule has 0 amide bonds. The van der Waals surface area contributed by atoms with Crippen molar-refractivity contribution in [1.82, 2.24) is 0 Å². The Bertz CT molecular complexity index is 493. The van der Waals surface area contributed by atoms with Crippen molar-refractivity contribution in [2.45, 2.75) is 17.7 Å². The number of primary sulfonamides is 1. The Morgan fingerprint density at radius 3 is 2.44 bits per heavy atom. The Kier molecular flexibility index (Phi) is 2.77. The molecule has 0 atom stereocenters. The van der Waals surface area contributed by atoms with Crippen LogP contribution in [0.1, 0.15) is 12.8 Å². The standard InChI is InChI=1S/C10H14N2O3S/c11-16(14,15)8-3-4-10(13)9(7-8)12-5-1-2-6-12/h3-4,7,13H,1-2,5-6H2,(H2,11,14,15). The normalized spacial score (nSPS) is 16.7. The van der Waals surface area contributed by atoms with Gasteiger partial charge in [0, 0.05) is 13.1 Å². The lowest BCUT2D eigenvalue weighted by Crippen LogP contribution is -2.19. The van der Waals surface area contributed by atoms with Crippen molar-refractivity contribution in [3.8, 4) is 5.75 Å². The highest BCUT2D eigenvalue weighted by atomic mass is 32.2. The van der Waals surface area contributed by atoms with Crippen LogP contribution in [0.15, 0.2) is 23.1 Å². The highest BCUT2D eigenvalue weighted by Gasteiger charge is 2.18. The minimum atomic E-state index is -3.71. The largest absolute Gasteiger partial charge is 0.506 e. The molecule has 0 bridgehead atoms. The van der Waals surface area contributed by atoms with E-state index >= 15 is 0 Å². The molecule has 0 aliphatic carbocycles. The van der Waals surface area contributed by atoms with Gasteiger partial charge in [0.2, 0.25) is 10.0 Å². The maximum absolute atomic E-state index is 11.2. The van der Waals surface area contributed by atoms with Gasteiger partial charge in [-0.25, -0.2) is 13.6 Å². The zero-order valence-corrected chi connectivity index (χ0v) is 9.57. The number of phenols is 1. The van der Waals surface area contributed by atoms with Crippen LogP contribution in [-0.4, -0.2) is 26.6 Å². The quantitative estimate of drug-likeness (QED) is 0.797. The molecule has 1 saturated heterocycles. The van der Waals surface area contributed by atoms with Gasteiger partial charge in [0.25, 0.3) is 0 Å². The summed E-state index contributed by atoms with van der Waals surface area (Å²) in [7, 11) is -3.71. The third-order valence-corrected chi connectivity index (χ3v) is 3.63. The molecule has 1 aliphatic rings. The number of nitrogens with two attached hydrogens (primary N) is 1. The Morgan fingerprint density at radius 1 is 1.25 bits per heavy atom. The van der Waals surface area contributed by atoms with Gasteiger partial charge in [0.05, 0.1) is 10.6 Å². The topological polar surface area (TPSA) is 83.6 Å². The van der Waals surface area contributed by atoms with Gasteiger partial charge < -0.3 is 10.0 Å². The van der Waals surface area contributed by atoms with E-state index in [-0.39, 0.29) is 10.6 Å². The summed E-state index contributed by atoms with van der Waals surface area (Å²) in [6.07, 6.45) is 2.11. The monoisotopic (exact) mass is 242 g/mol. The van der Waals surface area contributed by atoms with Crippen molar-refractivity contribution in [3.63, 3.8) is 0 Å². The third-order valence-electron chi connectivity index (χ3n) is 2.72. The second-order valence-electron chi connectivity index (χ2n) is 3.89. The molecule has 6 heteroatoms. The molecular weight excluding hydrogens is 228 g/mol. The number of rotatable bonds is 2. The molecule has 1 heterocycles. The maximum Gasteiger partial charge on any atom is 0.238 e. The summed E-state index contributed by atoms with van der Waals surface area (Å²) in [6.45, 7) is 1.67. The lowest BCUT2D eigenvalue weighted by atomic mass is 10.2. The van der Waals surface area contributed by atoms with Crippen LogP contribution in [0.3, 0.4) is 0 Å². The number of nitrogens with zero attached hydrogens (tertiary/aromatic N) is 1. The molecule has 3 N–H and O–H groups in total. The summed E-state index contributed by atoms with van der Waals surface area (Å²) >= 11 is 0. The van der Waals surface area contributed by atoms with Crippen LogP contribution in [0.25, 0.3) is 0 Å². The lowest BCUT2D eigenvalue weighted by Gasteiger charge is -2.19. The number of anilines is 1. The smallest absolute Gasteiger partial charge is 0.238 e. The van der Waals surface area contributed by atoms with Gasteiger partial charge in [-0.15, -0.1) is 0 Å². The van der Waals surface area contributed by atoms with E-state index in [4.69, 9.17) is 5.14 Å². The van der Waals surface area contributed by atoms with Crippen LogP contribution < -0.4 is 10.0 Å². The average molecular weight is 242 g/mol. The van der Waals surface area contributed by atoms with E-state index in [1.807, 2.05) is 4.90 Å². The van der Waals surface area contributed by atoms with Crippen molar-refractivity contribution < 1.29 is 13.5 Å². The highest BCUT2D eigenvalue weighted by Crippen LogP contribution is 2.31. The fourth-order valence-electron chi connectivity index (χ4n) is 1.89. The number of aromatic hydroxyl groups is 1. The first kappa shape index (κ1) is 11.2. The molecule has 1 aromatic rings. The zero-order chi connectivity index (χ0) is 11.8. The summed E-state index contributed by atoms with van der Waals surface area (Å²) < 4.78 is 22.4. The predicted octanol–water partition coefficient (Wildman–Crippen LogP) is 0.640. The van der Waals surface area contributed by atoms with Crippen LogP contribution in [0.4, 0.5) is 5.69 Å². The first-order valence-corrected chi connectivity index (χ1v) is 6.64. The Labute approximate surface area is 94.5 Å². The van der Waals surface area contributed by atoms with Gasteiger partial charge in [-0.3, -0.25) is 0 Å². The highest BCUT2D eigenvalue weighted by molar-refractivity contribution is 7.89. The SMILES string of the molecule is NS(=O)(=O)c1ccc(O)c(N2CCCC2)c1. The number of hydrogen-bond donors (Lipinski definition) is 2. The summed E-state index contributed by atoms with van der Waals surface area (Å²) in [5.41, 5.74) is 0.545. The van der Waals surface area contributed by atoms with E-state index in [2.05, 4.69) is 0 Å². The fourth-order valence-corrected chi connectivity index (χ4v) is 2.43. The van der Waals surface area contributed by atoms with E-state index < -0.39 is 10.0 Å².